The Morgan fingerprint density at radius 2 is 2.26 bits per heavy atom. The fourth-order valence-electron chi connectivity index (χ4n) is 1.80. The second kappa shape index (κ2) is 7.37. The van der Waals surface area contributed by atoms with Crippen LogP contribution in [0.1, 0.15) is 36.7 Å². The van der Waals surface area contributed by atoms with Gasteiger partial charge in [0.2, 0.25) is 0 Å². The minimum absolute atomic E-state index is 0.188. The van der Waals surface area contributed by atoms with E-state index in [0.717, 1.165) is 17.1 Å². The van der Waals surface area contributed by atoms with Gasteiger partial charge in [-0.3, -0.25) is 9.78 Å². The maximum Gasteiger partial charge on any atom is 0.305 e. The molecule has 1 N–H and O–H groups in total. The highest BCUT2D eigenvalue weighted by Gasteiger charge is 2.08. The van der Waals surface area contributed by atoms with Gasteiger partial charge in [-0.1, -0.05) is 0 Å². The Morgan fingerprint density at radius 1 is 1.53 bits per heavy atom. The molecule has 5 nitrogen and oxygen atoms in total. The molecule has 19 heavy (non-hydrogen) atoms. The molecule has 5 heteroatoms. The Kier molecular flexibility index (Phi) is 5.80. The van der Waals surface area contributed by atoms with Crippen molar-refractivity contribution in [3.63, 3.8) is 0 Å². The zero-order valence-corrected chi connectivity index (χ0v) is 11.6. The van der Waals surface area contributed by atoms with Crippen LogP contribution in [0.15, 0.2) is 6.07 Å². The van der Waals surface area contributed by atoms with Crippen molar-refractivity contribution in [1.82, 2.24) is 4.98 Å². The molecule has 0 atom stereocenters. The highest BCUT2D eigenvalue weighted by molar-refractivity contribution is 5.69. The van der Waals surface area contributed by atoms with Crippen molar-refractivity contribution in [3.05, 3.63) is 23.0 Å². The van der Waals surface area contributed by atoms with Crippen molar-refractivity contribution in [2.24, 2.45) is 0 Å². The number of hydrogen-bond donors (Lipinski definition) is 1. The van der Waals surface area contributed by atoms with Crippen molar-refractivity contribution in [2.75, 3.05) is 18.5 Å². The summed E-state index contributed by atoms with van der Waals surface area (Å²) in [5.41, 5.74) is 2.91. The number of carbonyl (C=O) groups excluding carboxylic acids is 1. The van der Waals surface area contributed by atoms with Gasteiger partial charge in [-0.2, -0.15) is 5.26 Å². The van der Waals surface area contributed by atoms with Crippen molar-refractivity contribution >= 4 is 11.7 Å². The average Bonchev–Trinajstić information content (AvgIpc) is 2.34. The first-order valence-corrected chi connectivity index (χ1v) is 6.36. The van der Waals surface area contributed by atoms with Crippen molar-refractivity contribution in [2.45, 2.75) is 33.6 Å². The number of ether oxygens (including phenoxy) is 1. The number of aromatic nitrogens is 1. The van der Waals surface area contributed by atoms with Crippen LogP contribution < -0.4 is 5.32 Å². The van der Waals surface area contributed by atoms with Crippen LogP contribution in [-0.4, -0.2) is 24.1 Å². The third-order valence-corrected chi connectivity index (χ3v) is 2.62. The number of nitriles is 1. The zero-order valence-electron chi connectivity index (χ0n) is 11.6. The van der Waals surface area contributed by atoms with Gasteiger partial charge >= 0.3 is 5.97 Å². The number of carbonyl (C=O) groups is 1. The van der Waals surface area contributed by atoms with E-state index in [1.54, 1.807) is 6.92 Å². The number of pyridine rings is 1. The molecule has 0 aliphatic heterocycles. The molecule has 1 aromatic rings. The molecule has 0 radical (unpaired) electrons. The van der Waals surface area contributed by atoms with E-state index in [0.29, 0.717) is 31.6 Å². The quantitative estimate of drug-likeness (QED) is 0.628. The van der Waals surface area contributed by atoms with Crippen LogP contribution in [0.3, 0.4) is 0 Å². The van der Waals surface area contributed by atoms with Crippen LogP contribution in [-0.2, 0) is 9.53 Å². The summed E-state index contributed by atoms with van der Waals surface area (Å²) in [4.78, 5) is 15.4. The van der Waals surface area contributed by atoms with E-state index in [4.69, 9.17) is 10.00 Å². The van der Waals surface area contributed by atoms with Crippen LogP contribution >= 0.6 is 0 Å². The lowest BCUT2D eigenvalue weighted by atomic mass is 10.1. The zero-order chi connectivity index (χ0) is 14.3. The lowest BCUT2D eigenvalue weighted by Gasteiger charge is -2.10. The van der Waals surface area contributed by atoms with E-state index in [1.165, 1.54) is 0 Å². The number of nitrogens with zero attached hydrogens (tertiary/aromatic N) is 2. The molecular weight excluding hydrogens is 242 g/mol. The molecule has 0 spiro atoms. The molecule has 0 unspecified atom stereocenters. The largest absolute Gasteiger partial charge is 0.466 e. The third kappa shape index (κ3) is 4.59. The number of anilines is 1. The Labute approximate surface area is 113 Å². The van der Waals surface area contributed by atoms with Crippen molar-refractivity contribution < 1.29 is 9.53 Å². The molecule has 102 valence electrons. The Hall–Kier alpha value is -2.09. The predicted molar refractivity (Wildman–Crippen MR) is 72.8 cm³/mol. The van der Waals surface area contributed by atoms with E-state index < -0.39 is 0 Å². The van der Waals surface area contributed by atoms with Crippen LogP contribution in [0.4, 0.5) is 5.69 Å². The van der Waals surface area contributed by atoms with Gasteiger partial charge in [0.15, 0.2) is 0 Å². The smallest absolute Gasteiger partial charge is 0.305 e. The maximum atomic E-state index is 11.2. The standard InChI is InChI=1S/C14H19N3O2/c1-4-19-14(18)6-5-7-16-13-8-10(2)17-11(3)12(13)9-15/h8H,4-7H2,1-3H3,(H,16,17). The summed E-state index contributed by atoms with van der Waals surface area (Å²) in [6, 6.07) is 3.99. The SMILES string of the molecule is CCOC(=O)CCCNc1cc(C)nc(C)c1C#N. The van der Waals surface area contributed by atoms with Gasteiger partial charge in [0.25, 0.3) is 0 Å². The van der Waals surface area contributed by atoms with Crippen LogP contribution in [0.25, 0.3) is 0 Å². The lowest BCUT2D eigenvalue weighted by Crippen LogP contribution is -2.09. The highest BCUT2D eigenvalue weighted by atomic mass is 16.5. The third-order valence-electron chi connectivity index (χ3n) is 2.62. The summed E-state index contributed by atoms with van der Waals surface area (Å²) in [6.07, 6.45) is 1.05. The highest BCUT2D eigenvalue weighted by Crippen LogP contribution is 2.18. The first-order valence-electron chi connectivity index (χ1n) is 6.36. The lowest BCUT2D eigenvalue weighted by molar-refractivity contribution is -0.143. The molecule has 0 aliphatic carbocycles. The molecule has 0 saturated heterocycles. The van der Waals surface area contributed by atoms with Gasteiger partial charge in [0.05, 0.1) is 23.6 Å². The minimum Gasteiger partial charge on any atom is -0.466 e. The van der Waals surface area contributed by atoms with Crippen LogP contribution in [0.2, 0.25) is 0 Å². The van der Waals surface area contributed by atoms with E-state index in [9.17, 15) is 4.79 Å². The number of esters is 1. The molecule has 1 rings (SSSR count). The Morgan fingerprint density at radius 3 is 2.89 bits per heavy atom. The summed E-state index contributed by atoms with van der Waals surface area (Å²) in [6.45, 7) is 6.52. The molecule has 0 bridgehead atoms. The average molecular weight is 261 g/mol. The van der Waals surface area contributed by atoms with Gasteiger partial charge in [0, 0.05) is 18.7 Å². The molecule has 0 aromatic carbocycles. The van der Waals surface area contributed by atoms with E-state index in [-0.39, 0.29) is 5.97 Å². The fourth-order valence-corrected chi connectivity index (χ4v) is 1.80. The molecule has 1 heterocycles. The Bertz CT molecular complexity index is 492. The number of aryl methyl sites for hydroxylation is 2. The van der Waals surface area contributed by atoms with Gasteiger partial charge in [-0.05, 0) is 33.3 Å². The summed E-state index contributed by atoms with van der Waals surface area (Å²) in [7, 11) is 0. The summed E-state index contributed by atoms with van der Waals surface area (Å²) >= 11 is 0. The Balaban J connectivity index is 2.54. The minimum atomic E-state index is -0.188. The second-order valence-electron chi connectivity index (χ2n) is 4.22. The van der Waals surface area contributed by atoms with Crippen LogP contribution in [0, 0.1) is 25.2 Å². The van der Waals surface area contributed by atoms with Crippen molar-refractivity contribution in [3.8, 4) is 6.07 Å². The summed E-state index contributed by atoms with van der Waals surface area (Å²) in [5, 5.41) is 12.3. The van der Waals surface area contributed by atoms with E-state index in [1.807, 2.05) is 19.9 Å². The normalized spacial score (nSPS) is 9.79. The monoisotopic (exact) mass is 261 g/mol. The molecule has 0 aliphatic rings. The van der Waals surface area contributed by atoms with Crippen molar-refractivity contribution in [1.29, 1.82) is 5.26 Å². The van der Waals surface area contributed by atoms with Crippen LogP contribution in [0.5, 0.6) is 0 Å². The molecule has 0 fully saturated rings. The maximum absolute atomic E-state index is 11.2. The molecule has 0 saturated carbocycles. The molecular formula is C14H19N3O2. The van der Waals surface area contributed by atoms with Gasteiger partial charge in [-0.15, -0.1) is 0 Å². The molecule has 1 aromatic heterocycles. The second-order valence-corrected chi connectivity index (χ2v) is 4.22. The van der Waals surface area contributed by atoms with E-state index >= 15 is 0 Å². The molecule has 0 amide bonds. The predicted octanol–water partition coefficient (Wildman–Crippen LogP) is 2.33. The topological polar surface area (TPSA) is 75.0 Å². The fraction of sp³-hybridized carbons (Fsp3) is 0.500. The number of nitrogens with one attached hydrogen (secondary N) is 1. The number of hydrogen-bond acceptors (Lipinski definition) is 5. The number of rotatable bonds is 6. The first kappa shape index (κ1) is 15.0. The van der Waals surface area contributed by atoms with Gasteiger partial charge in [-0.25, -0.2) is 0 Å². The van der Waals surface area contributed by atoms with E-state index in [2.05, 4.69) is 16.4 Å². The summed E-state index contributed by atoms with van der Waals surface area (Å²) in [5.74, 6) is -0.188. The van der Waals surface area contributed by atoms with Gasteiger partial charge in [0.1, 0.15) is 6.07 Å². The first-order chi connectivity index (χ1) is 9.08. The summed E-state index contributed by atoms with van der Waals surface area (Å²) < 4.78 is 4.85. The van der Waals surface area contributed by atoms with Gasteiger partial charge < -0.3 is 10.1 Å².